The van der Waals surface area contributed by atoms with Gasteiger partial charge in [0.15, 0.2) is 0 Å². The maximum atomic E-state index is 11.9. The number of carbonyl (C=O) groups is 2. The van der Waals surface area contributed by atoms with Gasteiger partial charge >= 0.3 is 12.0 Å². The van der Waals surface area contributed by atoms with E-state index >= 15 is 0 Å². The second-order valence-electron chi connectivity index (χ2n) is 5.39. The van der Waals surface area contributed by atoms with Gasteiger partial charge in [-0.2, -0.15) is 5.26 Å². The van der Waals surface area contributed by atoms with Gasteiger partial charge in [0.2, 0.25) is 0 Å². The first-order valence-corrected chi connectivity index (χ1v) is 6.80. The van der Waals surface area contributed by atoms with Gasteiger partial charge in [-0.3, -0.25) is 4.79 Å². The number of hydrogen-bond acceptors (Lipinski definition) is 3. The molecule has 0 atom stereocenters. The molecule has 1 aromatic carbocycles. The summed E-state index contributed by atoms with van der Waals surface area (Å²) < 4.78 is 0. The van der Waals surface area contributed by atoms with Gasteiger partial charge in [0, 0.05) is 6.54 Å². The van der Waals surface area contributed by atoms with Crippen molar-refractivity contribution in [3.63, 3.8) is 0 Å². The van der Waals surface area contributed by atoms with Crippen LogP contribution < -0.4 is 10.6 Å². The number of carbonyl (C=O) groups excluding carboxylic acids is 1. The molecule has 6 heteroatoms. The number of rotatable bonds is 5. The van der Waals surface area contributed by atoms with Crippen LogP contribution in [0.3, 0.4) is 0 Å². The number of aliphatic carboxylic acids is 1. The fourth-order valence-corrected chi connectivity index (χ4v) is 2.54. The summed E-state index contributed by atoms with van der Waals surface area (Å²) in [6.07, 6.45) is 2.69. The molecule has 21 heavy (non-hydrogen) atoms. The van der Waals surface area contributed by atoms with E-state index in [1.807, 2.05) is 6.07 Å². The van der Waals surface area contributed by atoms with Gasteiger partial charge in [0.1, 0.15) is 6.07 Å². The van der Waals surface area contributed by atoms with E-state index in [-0.39, 0.29) is 11.8 Å². The molecule has 1 fully saturated rings. The van der Waals surface area contributed by atoms with Crippen molar-refractivity contribution < 1.29 is 14.7 Å². The Morgan fingerprint density at radius 1 is 1.33 bits per heavy atom. The number of carboxylic acid groups (broad SMARTS) is 1. The van der Waals surface area contributed by atoms with Crippen molar-refractivity contribution in [2.24, 2.45) is 5.41 Å². The maximum absolute atomic E-state index is 11.9. The lowest BCUT2D eigenvalue weighted by Crippen LogP contribution is -2.44. The first-order valence-electron chi connectivity index (χ1n) is 6.80. The number of benzene rings is 1. The smallest absolute Gasteiger partial charge is 0.319 e. The fourth-order valence-electron chi connectivity index (χ4n) is 2.54. The van der Waals surface area contributed by atoms with Crippen LogP contribution in [0.1, 0.15) is 31.2 Å². The van der Waals surface area contributed by atoms with E-state index in [4.69, 9.17) is 10.4 Å². The largest absolute Gasteiger partial charge is 0.481 e. The number of nitriles is 1. The highest BCUT2D eigenvalue weighted by Gasteiger charge is 2.39. The van der Waals surface area contributed by atoms with Crippen molar-refractivity contribution in [2.45, 2.75) is 25.7 Å². The Balaban J connectivity index is 1.90. The van der Waals surface area contributed by atoms with Crippen LogP contribution in [0.4, 0.5) is 10.5 Å². The third-order valence-corrected chi connectivity index (χ3v) is 3.86. The standard InChI is InChI=1S/C15H17N3O3/c16-9-11-4-1-2-5-12(11)18-14(21)17-10-15(6-3-7-15)8-13(19)20/h1-2,4-5H,3,6-8,10H2,(H,19,20)(H2,17,18,21). The molecule has 0 aliphatic heterocycles. The monoisotopic (exact) mass is 287 g/mol. The second kappa shape index (κ2) is 6.27. The zero-order chi connectivity index (χ0) is 15.3. The second-order valence-corrected chi connectivity index (χ2v) is 5.39. The Kier molecular flexibility index (Phi) is 4.43. The lowest BCUT2D eigenvalue weighted by molar-refractivity contribution is -0.141. The molecule has 2 amide bonds. The summed E-state index contributed by atoms with van der Waals surface area (Å²) in [4.78, 5) is 22.7. The summed E-state index contributed by atoms with van der Waals surface area (Å²) in [7, 11) is 0. The molecule has 0 unspecified atom stereocenters. The van der Waals surface area contributed by atoms with Crippen molar-refractivity contribution >= 4 is 17.7 Å². The van der Waals surface area contributed by atoms with E-state index in [0.29, 0.717) is 17.8 Å². The van der Waals surface area contributed by atoms with Crippen LogP contribution in [0, 0.1) is 16.7 Å². The third-order valence-electron chi connectivity index (χ3n) is 3.86. The zero-order valence-electron chi connectivity index (χ0n) is 11.6. The molecule has 1 aliphatic carbocycles. The normalized spacial score (nSPS) is 15.4. The molecule has 1 aliphatic rings. The number of anilines is 1. The van der Waals surface area contributed by atoms with E-state index < -0.39 is 12.0 Å². The highest BCUT2D eigenvalue weighted by atomic mass is 16.4. The molecular formula is C15H17N3O3. The first-order chi connectivity index (χ1) is 10.0. The van der Waals surface area contributed by atoms with Crippen molar-refractivity contribution in [3.8, 4) is 6.07 Å². The summed E-state index contributed by atoms with van der Waals surface area (Å²) in [6, 6.07) is 8.30. The maximum Gasteiger partial charge on any atom is 0.319 e. The molecule has 2 rings (SSSR count). The van der Waals surface area contributed by atoms with Gasteiger partial charge in [-0.1, -0.05) is 18.6 Å². The highest BCUT2D eigenvalue weighted by Crippen LogP contribution is 2.43. The van der Waals surface area contributed by atoms with Crippen molar-refractivity contribution in [2.75, 3.05) is 11.9 Å². The van der Waals surface area contributed by atoms with Crippen LogP contribution in [-0.2, 0) is 4.79 Å². The average molecular weight is 287 g/mol. The summed E-state index contributed by atoms with van der Waals surface area (Å²) in [5.41, 5.74) is 0.507. The SMILES string of the molecule is N#Cc1ccccc1NC(=O)NCC1(CC(=O)O)CCC1. The molecule has 1 saturated carbocycles. The lowest BCUT2D eigenvalue weighted by Gasteiger charge is -2.40. The predicted octanol–water partition coefficient (Wildman–Crippen LogP) is 2.32. The molecule has 0 radical (unpaired) electrons. The van der Waals surface area contributed by atoms with Crippen LogP contribution in [0.2, 0.25) is 0 Å². The van der Waals surface area contributed by atoms with E-state index in [0.717, 1.165) is 19.3 Å². The molecule has 110 valence electrons. The molecule has 0 heterocycles. The predicted molar refractivity (Wildman–Crippen MR) is 76.7 cm³/mol. The molecule has 6 nitrogen and oxygen atoms in total. The molecule has 0 aromatic heterocycles. The molecular weight excluding hydrogens is 270 g/mol. The quantitative estimate of drug-likeness (QED) is 0.773. The van der Waals surface area contributed by atoms with Crippen LogP contribution in [0.15, 0.2) is 24.3 Å². The first kappa shape index (κ1) is 14.9. The van der Waals surface area contributed by atoms with E-state index in [1.165, 1.54) is 0 Å². The van der Waals surface area contributed by atoms with Crippen LogP contribution in [0.25, 0.3) is 0 Å². The number of amides is 2. The highest BCUT2D eigenvalue weighted by molar-refractivity contribution is 5.90. The Bertz CT molecular complexity index is 588. The van der Waals surface area contributed by atoms with Gasteiger partial charge in [-0.15, -0.1) is 0 Å². The minimum atomic E-state index is -0.841. The summed E-state index contributed by atoms with van der Waals surface area (Å²) >= 11 is 0. The minimum absolute atomic E-state index is 0.0715. The minimum Gasteiger partial charge on any atom is -0.481 e. The fraction of sp³-hybridized carbons (Fsp3) is 0.400. The molecule has 3 N–H and O–H groups in total. The van der Waals surface area contributed by atoms with E-state index in [2.05, 4.69) is 10.6 Å². The lowest BCUT2D eigenvalue weighted by atomic mass is 9.66. The molecule has 0 saturated heterocycles. The summed E-state index contributed by atoms with van der Waals surface area (Å²) in [6.45, 7) is 0.333. The summed E-state index contributed by atoms with van der Waals surface area (Å²) in [5.74, 6) is -0.841. The number of para-hydroxylation sites is 1. The topological polar surface area (TPSA) is 102 Å². The number of nitrogens with zero attached hydrogens (tertiary/aromatic N) is 1. The van der Waals surface area contributed by atoms with Gasteiger partial charge in [0.25, 0.3) is 0 Å². The Labute approximate surface area is 122 Å². The van der Waals surface area contributed by atoms with Gasteiger partial charge < -0.3 is 15.7 Å². The van der Waals surface area contributed by atoms with Crippen LogP contribution >= 0.6 is 0 Å². The van der Waals surface area contributed by atoms with E-state index in [9.17, 15) is 9.59 Å². The van der Waals surface area contributed by atoms with E-state index in [1.54, 1.807) is 24.3 Å². The van der Waals surface area contributed by atoms with Crippen molar-refractivity contribution in [3.05, 3.63) is 29.8 Å². The molecule has 0 spiro atoms. The number of hydrogen-bond donors (Lipinski definition) is 3. The van der Waals surface area contributed by atoms with Crippen LogP contribution in [0.5, 0.6) is 0 Å². The number of urea groups is 1. The Morgan fingerprint density at radius 2 is 2.05 bits per heavy atom. The van der Waals surface area contributed by atoms with Gasteiger partial charge in [-0.25, -0.2) is 4.79 Å². The van der Waals surface area contributed by atoms with Crippen molar-refractivity contribution in [1.29, 1.82) is 5.26 Å². The third kappa shape index (κ3) is 3.72. The average Bonchev–Trinajstić information content (AvgIpc) is 2.42. The number of nitrogens with one attached hydrogen (secondary N) is 2. The Morgan fingerprint density at radius 3 is 2.62 bits per heavy atom. The van der Waals surface area contributed by atoms with Gasteiger partial charge in [-0.05, 0) is 30.4 Å². The Hall–Kier alpha value is -2.55. The molecule has 0 bridgehead atoms. The zero-order valence-corrected chi connectivity index (χ0v) is 11.6. The van der Waals surface area contributed by atoms with Gasteiger partial charge in [0.05, 0.1) is 17.7 Å². The number of carboxylic acids is 1. The molecule has 1 aromatic rings. The summed E-state index contributed by atoms with van der Waals surface area (Å²) in [5, 5.41) is 23.2. The van der Waals surface area contributed by atoms with Crippen LogP contribution in [-0.4, -0.2) is 23.7 Å². The van der Waals surface area contributed by atoms with Crippen molar-refractivity contribution in [1.82, 2.24) is 5.32 Å².